The van der Waals surface area contributed by atoms with Crippen LogP contribution in [0.15, 0.2) is 91.0 Å². The van der Waals surface area contributed by atoms with Crippen molar-refractivity contribution in [3.05, 3.63) is 118 Å². The molecule has 0 aliphatic heterocycles. The molecule has 0 spiro atoms. The van der Waals surface area contributed by atoms with Crippen molar-refractivity contribution in [2.45, 2.75) is 57.9 Å². The Hall–Kier alpha value is -5.35. The summed E-state index contributed by atoms with van der Waals surface area (Å²) in [5.41, 5.74) is 2.17. The Balaban J connectivity index is 1.33. The molecule has 0 aromatic heterocycles. The van der Waals surface area contributed by atoms with Crippen molar-refractivity contribution in [3.8, 4) is 17.2 Å². The minimum Gasteiger partial charge on any atom is -0.494 e. The van der Waals surface area contributed by atoms with Gasteiger partial charge in [0.05, 0.1) is 25.7 Å². The van der Waals surface area contributed by atoms with Gasteiger partial charge in [0.15, 0.2) is 11.5 Å². The van der Waals surface area contributed by atoms with Gasteiger partial charge in [-0.15, -0.1) is 0 Å². The van der Waals surface area contributed by atoms with Crippen molar-refractivity contribution >= 4 is 41.0 Å². The highest BCUT2D eigenvalue weighted by atomic mass is 35.5. The van der Waals surface area contributed by atoms with E-state index in [9.17, 15) is 24.3 Å². The van der Waals surface area contributed by atoms with Crippen molar-refractivity contribution in [3.63, 3.8) is 0 Å². The smallest absolute Gasteiger partial charge is 0.343 e. The van der Waals surface area contributed by atoms with Crippen molar-refractivity contribution in [2.75, 3.05) is 19.0 Å². The fourth-order valence-electron chi connectivity index (χ4n) is 5.07. The van der Waals surface area contributed by atoms with E-state index in [1.807, 2.05) is 0 Å². The summed E-state index contributed by atoms with van der Waals surface area (Å²) in [4.78, 5) is 50.6. The lowest BCUT2D eigenvalue weighted by Gasteiger charge is -2.17. The summed E-state index contributed by atoms with van der Waals surface area (Å²) in [5.74, 6) is -1.72. The van der Waals surface area contributed by atoms with Crippen molar-refractivity contribution in [1.82, 2.24) is 5.32 Å². The molecule has 1 unspecified atom stereocenters. The maximum atomic E-state index is 13.1. The van der Waals surface area contributed by atoms with Crippen LogP contribution in [0.1, 0.15) is 70.9 Å². The normalized spacial score (nSPS) is 11.3. The van der Waals surface area contributed by atoms with Gasteiger partial charge in [0.2, 0.25) is 5.91 Å². The van der Waals surface area contributed by atoms with Gasteiger partial charge in [-0.2, -0.15) is 0 Å². The standard InChI is InChI=1S/C39H41ClN2O8/c1-3-4-5-6-7-21-49-32-18-14-28(15-19-32)39(47)50-34-20-13-27(23-35(34)48-2)22-33(38(45)46)42-37(44)29-9-8-10-31(25-29)41-36(43)24-26-11-16-30(40)17-12-26/h8-20,23,25,33H,3-7,21-22,24H2,1-2H3,(H,41,43)(H,42,44)(H,45,46). The van der Waals surface area contributed by atoms with Crippen LogP contribution < -0.4 is 24.8 Å². The van der Waals surface area contributed by atoms with Crippen molar-refractivity contribution in [1.29, 1.82) is 0 Å². The average molecular weight is 701 g/mol. The molecule has 4 aromatic carbocycles. The summed E-state index contributed by atoms with van der Waals surface area (Å²) < 4.78 is 16.8. The summed E-state index contributed by atoms with van der Waals surface area (Å²) in [6.45, 7) is 2.79. The van der Waals surface area contributed by atoms with Crippen LogP contribution in [0, 0.1) is 0 Å². The fraction of sp³-hybridized carbons (Fsp3) is 0.282. The number of nitrogens with one attached hydrogen (secondary N) is 2. The molecule has 0 aliphatic carbocycles. The molecule has 1 atom stereocenters. The Morgan fingerprint density at radius 2 is 1.52 bits per heavy atom. The molecular formula is C39H41ClN2O8. The number of ether oxygens (including phenoxy) is 3. The van der Waals surface area contributed by atoms with Crippen LogP contribution in [0.4, 0.5) is 5.69 Å². The Bertz CT molecular complexity index is 1760. The summed E-state index contributed by atoms with van der Waals surface area (Å²) in [6, 6.07) is 23.2. The molecule has 262 valence electrons. The number of aliphatic carboxylic acids is 1. The van der Waals surface area contributed by atoms with Gasteiger partial charge >= 0.3 is 11.9 Å². The predicted octanol–water partition coefficient (Wildman–Crippen LogP) is 7.52. The highest BCUT2D eigenvalue weighted by Crippen LogP contribution is 2.30. The molecule has 0 fully saturated rings. The van der Waals surface area contributed by atoms with Crippen LogP contribution in [0.3, 0.4) is 0 Å². The van der Waals surface area contributed by atoms with E-state index < -0.39 is 23.9 Å². The zero-order valence-electron chi connectivity index (χ0n) is 28.1. The monoisotopic (exact) mass is 700 g/mol. The lowest BCUT2D eigenvalue weighted by atomic mass is 10.0. The fourth-order valence-corrected chi connectivity index (χ4v) is 5.20. The molecule has 0 saturated carbocycles. The van der Waals surface area contributed by atoms with Crippen LogP contribution in [0.25, 0.3) is 0 Å². The highest BCUT2D eigenvalue weighted by Gasteiger charge is 2.23. The molecule has 4 rings (SSSR count). The number of halogens is 1. The molecule has 2 amide bonds. The lowest BCUT2D eigenvalue weighted by molar-refractivity contribution is -0.139. The van der Waals surface area contributed by atoms with Crippen LogP contribution in [0.2, 0.25) is 5.02 Å². The van der Waals surface area contributed by atoms with E-state index in [2.05, 4.69) is 17.6 Å². The molecule has 10 nitrogen and oxygen atoms in total. The SMILES string of the molecule is CCCCCCCOc1ccc(C(=O)Oc2ccc(CC(NC(=O)c3cccc(NC(=O)Cc4ccc(Cl)cc4)c3)C(=O)O)cc2OC)cc1. The maximum Gasteiger partial charge on any atom is 0.343 e. The molecule has 3 N–H and O–H groups in total. The van der Waals surface area contributed by atoms with Gasteiger partial charge < -0.3 is 30.0 Å². The lowest BCUT2D eigenvalue weighted by Crippen LogP contribution is -2.42. The van der Waals surface area contributed by atoms with Crippen LogP contribution >= 0.6 is 11.6 Å². The number of hydrogen-bond donors (Lipinski definition) is 3. The van der Waals surface area contributed by atoms with Gasteiger partial charge in [0.25, 0.3) is 5.91 Å². The Labute approximate surface area is 296 Å². The largest absolute Gasteiger partial charge is 0.494 e. The van der Waals surface area contributed by atoms with E-state index in [1.165, 1.54) is 44.6 Å². The molecule has 50 heavy (non-hydrogen) atoms. The first kappa shape index (κ1) is 37.5. The third-order valence-corrected chi connectivity index (χ3v) is 8.02. The number of amides is 2. The van der Waals surface area contributed by atoms with Gasteiger partial charge in [-0.1, -0.05) is 68.5 Å². The second-order valence-electron chi connectivity index (χ2n) is 11.7. The molecule has 11 heteroatoms. The number of rotatable bonds is 18. The summed E-state index contributed by atoms with van der Waals surface area (Å²) in [6.07, 6.45) is 5.72. The zero-order chi connectivity index (χ0) is 35.9. The molecule has 0 bridgehead atoms. The number of hydrogen-bond acceptors (Lipinski definition) is 7. The predicted molar refractivity (Wildman–Crippen MR) is 191 cm³/mol. The second-order valence-corrected chi connectivity index (χ2v) is 12.1. The summed E-state index contributed by atoms with van der Waals surface area (Å²) in [7, 11) is 1.41. The van der Waals surface area contributed by atoms with Crippen molar-refractivity contribution in [2.24, 2.45) is 0 Å². The third kappa shape index (κ3) is 11.7. The van der Waals surface area contributed by atoms with E-state index in [-0.39, 0.29) is 35.8 Å². The Morgan fingerprint density at radius 3 is 2.22 bits per heavy atom. The van der Waals surface area contributed by atoms with E-state index in [1.54, 1.807) is 72.8 Å². The number of carboxylic acid groups (broad SMARTS) is 1. The first-order chi connectivity index (χ1) is 24.1. The second kappa shape index (κ2) is 19.0. The number of methoxy groups -OCH3 is 1. The first-order valence-corrected chi connectivity index (χ1v) is 16.8. The topological polar surface area (TPSA) is 140 Å². The van der Waals surface area contributed by atoms with Gasteiger partial charge in [0.1, 0.15) is 11.8 Å². The van der Waals surface area contributed by atoms with Gasteiger partial charge in [-0.25, -0.2) is 9.59 Å². The number of anilines is 1. The van der Waals surface area contributed by atoms with Crippen molar-refractivity contribution < 1.29 is 38.5 Å². The molecule has 0 saturated heterocycles. The molecule has 0 radical (unpaired) electrons. The Kier molecular flexibility index (Phi) is 14.2. The van der Waals surface area contributed by atoms with Crippen LogP contribution in [-0.4, -0.2) is 48.6 Å². The van der Waals surface area contributed by atoms with E-state index in [4.69, 9.17) is 25.8 Å². The molecule has 4 aromatic rings. The number of benzene rings is 4. The number of carbonyl (C=O) groups is 4. The van der Waals surface area contributed by atoms with Crippen LogP contribution in [-0.2, 0) is 22.4 Å². The quantitative estimate of drug-likeness (QED) is 0.0550. The summed E-state index contributed by atoms with van der Waals surface area (Å²) >= 11 is 5.91. The number of esters is 1. The van der Waals surface area contributed by atoms with E-state index in [0.29, 0.717) is 34.2 Å². The average Bonchev–Trinajstić information content (AvgIpc) is 3.11. The molecular weight excluding hydrogens is 660 g/mol. The molecule has 0 heterocycles. The summed E-state index contributed by atoms with van der Waals surface area (Å²) in [5, 5.41) is 15.8. The van der Waals surface area contributed by atoms with E-state index in [0.717, 1.165) is 18.4 Å². The van der Waals surface area contributed by atoms with Crippen LogP contribution in [0.5, 0.6) is 17.2 Å². The number of carbonyl (C=O) groups excluding carboxylic acids is 3. The third-order valence-electron chi connectivity index (χ3n) is 7.77. The minimum atomic E-state index is -1.29. The zero-order valence-corrected chi connectivity index (χ0v) is 28.8. The van der Waals surface area contributed by atoms with E-state index >= 15 is 0 Å². The first-order valence-electron chi connectivity index (χ1n) is 16.4. The van der Waals surface area contributed by atoms with Gasteiger partial charge in [-0.05, 0) is 84.3 Å². The molecule has 0 aliphatic rings. The van der Waals surface area contributed by atoms with Gasteiger partial charge in [0, 0.05) is 22.7 Å². The Morgan fingerprint density at radius 1 is 0.800 bits per heavy atom. The highest BCUT2D eigenvalue weighted by molar-refractivity contribution is 6.30. The number of unbranched alkanes of at least 4 members (excludes halogenated alkanes) is 4. The minimum absolute atomic E-state index is 0.0801. The number of carboxylic acids is 1. The maximum absolute atomic E-state index is 13.1. The van der Waals surface area contributed by atoms with Gasteiger partial charge in [-0.3, -0.25) is 9.59 Å².